The number of carbonyl (C=O) groups is 1. The zero-order valence-electron chi connectivity index (χ0n) is 18.9. The molecule has 0 aliphatic rings. The van der Waals surface area contributed by atoms with E-state index in [0.29, 0.717) is 36.2 Å². The van der Waals surface area contributed by atoms with Gasteiger partial charge in [0, 0.05) is 16.6 Å². The van der Waals surface area contributed by atoms with E-state index in [0.717, 1.165) is 10.0 Å². The lowest BCUT2D eigenvalue weighted by Gasteiger charge is -2.19. The molecule has 0 unspecified atom stereocenters. The molecule has 0 aliphatic heterocycles. The number of rotatable bonds is 6. The number of benzene rings is 2. The third-order valence-corrected chi connectivity index (χ3v) is 6.04. The Morgan fingerprint density at radius 3 is 2.42 bits per heavy atom. The van der Waals surface area contributed by atoms with E-state index in [1.165, 1.54) is 11.8 Å². The number of carbonyl (C=O) groups excluding carboxylic acids is 1. The van der Waals surface area contributed by atoms with Crippen LogP contribution in [0, 0.1) is 0 Å². The molecule has 0 spiro atoms. The first-order valence-electron chi connectivity index (χ1n) is 10.8. The molecule has 8 heteroatoms. The van der Waals surface area contributed by atoms with E-state index in [4.69, 9.17) is 0 Å². The number of fused-ring (bicyclic) bond motifs is 1. The highest BCUT2D eigenvalue weighted by atomic mass is 79.9. The first kappa shape index (κ1) is 22.9. The van der Waals surface area contributed by atoms with Gasteiger partial charge in [0.1, 0.15) is 11.7 Å². The highest BCUT2D eigenvalue weighted by molar-refractivity contribution is 9.10. The number of amides is 1. The van der Waals surface area contributed by atoms with Crippen LogP contribution in [0.15, 0.2) is 70.3 Å². The van der Waals surface area contributed by atoms with Crippen LogP contribution in [0.1, 0.15) is 42.3 Å². The van der Waals surface area contributed by atoms with E-state index in [9.17, 15) is 9.59 Å². The molecular formula is C25H26BrN5O2. The third-order valence-electron chi connectivity index (χ3n) is 5.51. The lowest BCUT2D eigenvalue weighted by atomic mass is 9.87. The summed E-state index contributed by atoms with van der Waals surface area (Å²) in [5.41, 5.74) is 3.21. The Labute approximate surface area is 200 Å². The molecule has 2 heterocycles. The minimum atomic E-state index is -0.142. The van der Waals surface area contributed by atoms with Gasteiger partial charge in [0.15, 0.2) is 5.65 Å². The summed E-state index contributed by atoms with van der Waals surface area (Å²) in [5.74, 6) is -0.142. The minimum Gasteiger partial charge on any atom is -0.350 e. The third kappa shape index (κ3) is 5.22. The van der Waals surface area contributed by atoms with Crippen LogP contribution >= 0.6 is 15.9 Å². The number of hydrogen-bond donors (Lipinski definition) is 1. The van der Waals surface area contributed by atoms with Gasteiger partial charge in [0.05, 0.1) is 19.3 Å². The van der Waals surface area contributed by atoms with Crippen molar-refractivity contribution in [3.8, 4) is 0 Å². The Morgan fingerprint density at radius 1 is 1.06 bits per heavy atom. The highest BCUT2D eigenvalue weighted by Crippen LogP contribution is 2.22. The van der Waals surface area contributed by atoms with Crippen LogP contribution in [0.5, 0.6) is 0 Å². The molecule has 0 saturated carbocycles. The van der Waals surface area contributed by atoms with E-state index in [-0.39, 0.29) is 16.9 Å². The second kappa shape index (κ2) is 9.31. The second-order valence-corrected chi connectivity index (χ2v) is 9.91. The Kier molecular flexibility index (Phi) is 6.47. The summed E-state index contributed by atoms with van der Waals surface area (Å²) >= 11 is 3.42. The number of nitrogens with zero attached hydrogens (tertiary/aromatic N) is 4. The summed E-state index contributed by atoms with van der Waals surface area (Å²) in [6, 6.07) is 15.5. The van der Waals surface area contributed by atoms with Crippen molar-refractivity contribution in [2.75, 3.05) is 6.54 Å². The number of aromatic nitrogens is 4. The molecular weight excluding hydrogens is 482 g/mol. The van der Waals surface area contributed by atoms with Gasteiger partial charge >= 0.3 is 0 Å². The van der Waals surface area contributed by atoms with Crippen LogP contribution in [0.2, 0.25) is 0 Å². The average molecular weight is 508 g/mol. The van der Waals surface area contributed by atoms with Gasteiger partial charge in [-0.3, -0.25) is 14.2 Å². The van der Waals surface area contributed by atoms with Crippen molar-refractivity contribution in [3.05, 3.63) is 92.6 Å². The van der Waals surface area contributed by atoms with Gasteiger partial charge in [-0.15, -0.1) is 0 Å². The summed E-state index contributed by atoms with van der Waals surface area (Å²) < 4.78 is 4.20. The topological polar surface area (TPSA) is 81.8 Å². The normalized spacial score (nSPS) is 11.6. The molecule has 4 rings (SSSR count). The van der Waals surface area contributed by atoms with Gasteiger partial charge in [0.25, 0.3) is 11.5 Å². The molecule has 0 aliphatic carbocycles. The van der Waals surface area contributed by atoms with Gasteiger partial charge in [-0.2, -0.15) is 5.10 Å². The lowest BCUT2D eigenvalue weighted by Crippen LogP contribution is -2.28. The minimum absolute atomic E-state index is 0.0416. The Bertz CT molecular complexity index is 1330. The highest BCUT2D eigenvalue weighted by Gasteiger charge is 2.15. The quantitative estimate of drug-likeness (QED) is 0.425. The maximum Gasteiger partial charge on any atom is 0.264 e. The summed E-state index contributed by atoms with van der Waals surface area (Å²) in [6.45, 7) is 7.64. The predicted octanol–water partition coefficient (Wildman–Crippen LogP) is 4.13. The zero-order chi connectivity index (χ0) is 23.6. The van der Waals surface area contributed by atoms with Crippen LogP contribution < -0.4 is 10.9 Å². The van der Waals surface area contributed by atoms with Crippen LogP contribution in [-0.4, -0.2) is 31.8 Å². The average Bonchev–Trinajstić information content (AvgIpc) is 3.20. The Morgan fingerprint density at radius 2 is 1.76 bits per heavy atom. The van der Waals surface area contributed by atoms with Crippen LogP contribution in [0.4, 0.5) is 0 Å². The van der Waals surface area contributed by atoms with Crippen molar-refractivity contribution in [3.63, 3.8) is 0 Å². The van der Waals surface area contributed by atoms with Gasteiger partial charge in [-0.05, 0) is 40.8 Å². The first-order chi connectivity index (χ1) is 15.7. The smallest absolute Gasteiger partial charge is 0.264 e. The lowest BCUT2D eigenvalue weighted by molar-refractivity contribution is 0.0952. The van der Waals surface area contributed by atoms with Crippen LogP contribution in [-0.2, 0) is 18.5 Å². The van der Waals surface area contributed by atoms with Crippen molar-refractivity contribution in [2.45, 2.75) is 39.3 Å². The molecule has 7 nitrogen and oxygen atoms in total. The molecule has 170 valence electrons. The van der Waals surface area contributed by atoms with Gasteiger partial charge in [-0.25, -0.2) is 9.67 Å². The standard InChI is InChI=1S/C25H26BrN5O2/c1-25(2,3)19-8-6-18(7-9-19)23(32)27-12-13-31-22-21(14-29-31)24(33)30(16-28-22)15-17-4-10-20(26)11-5-17/h4-11,14,16H,12-13,15H2,1-3H3,(H,27,32). The van der Waals surface area contributed by atoms with Gasteiger partial charge < -0.3 is 5.32 Å². The molecule has 0 saturated heterocycles. The number of nitrogens with one attached hydrogen (secondary N) is 1. The summed E-state index contributed by atoms with van der Waals surface area (Å²) in [7, 11) is 0. The summed E-state index contributed by atoms with van der Waals surface area (Å²) in [4.78, 5) is 29.8. The summed E-state index contributed by atoms with van der Waals surface area (Å²) in [6.07, 6.45) is 3.08. The molecule has 0 atom stereocenters. The molecule has 0 bridgehead atoms. The SMILES string of the molecule is CC(C)(C)c1ccc(C(=O)NCCn2ncc3c(=O)n(Cc4ccc(Br)cc4)cnc32)cc1. The fourth-order valence-corrected chi connectivity index (χ4v) is 3.82. The number of hydrogen-bond acceptors (Lipinski definition) is 4. The number of halogens is 1. The largest absolute Gasteiger partial charge is 0.350 e. The van der Waals surface area contributed by atoms with E-state index in [1.807, 2.05) is 48.5 Å². The molecule has 1 N–H and O–H groups in total. The van der Waals surface area contributed by atoms with E-state index >= 15 is 0 Å². The maximum atomic E-state index is 12.9. The van der Waals surface area contributed by atoms with E-state index in [1.54, 1.807) is 15.6 Å². The maximum absolute atomic E-state index is 12.9. The van der Waals surface area contributed by atoms with Gasteiger partial charge in [0.2, 0.25) is 0 Å². The summed E-state index contributed by atoms with van der Waals surface area (Å²) in [5, 5.41) is 7.67. The molecule has 4 aromatic rings. The van der Waals surface area contributed by atoms with Crippen LogP contribution in [0.3, 0.4) is 0 Å². The van der Waals surface area contributed by atoms with Crippen molar-refractivity contribution >= 4 is 32.9 Å². The molecule has 2 aromatic heterocycles. The molecule has 1 amide bonds. The van der Waals surface area contributed by atoms with Gasteiger partial charge in [-0.1, -0.05) is 61.0 Å². The molecule has 0 radical (unpaired) electrons. The zero-order valence-corrected chi connectivity index (χ0v) is 20.5. The Balaban J connectivity index is 1.41. The Hall–Kier alpha value is -3.26. The first-order valence-corrected chi connectivity index (χ1v) is 11.6. The van der Waals surface area contributed by atoms with Crippen molar-refractivity contribution < 1.29 is 4.79 Å². The second-order valence-electron chi connectivity index (χ2n) is 8.99. The molecule has 2 aromatic carbocycles. The fraction of sp³-hybridized carbons (Fsp3) is 0.280. The molecule has 0 fully saturated rings. The fourth-order valence-electron chi connectivity index (χ4n) is 3.56. The van der Waals surface area contributed by atoms with Crippen molar-refractivity contribution in [1.82, 2.24) is 24.6 Å². The van der Waals surface area contributed by atoms with E-state index in [2.05, 4.69) is 52.1 Å². The monoisotopic (exact) mass is 507 g/mol. The molecule has 33 heavy (non-hydrogen) atoms. The van der Waals surface area contributed by atoms with Crippen LogP contribution in [0.25, 0.3) is 11.0 Å². The predicted molar refractivity (Wildman–Crippen MR) is 133 cm³/mol. The van der Waals surface area contributed by atoms with Crippen molar-refractivity contribution in [1.29, 1.82) is 0 Å². The van der Waals surface area contributed by atoms with Crippen molar-refractivity contribution in [2.24, 2.45) is 0 Å². The van der Waals surface area contributed by atoms with E-state index < -0.39 is 0 Å².